The van der Waals surface area contributed by atoms with E-state index in [1.54, 1.807) is 12.1 Å². The summed E-state index contributed by atoms with van der Waals surface area (Å²) in [6.45, 7) is 0. The normalized spacial score (nSPS) is 11.0. The number of methoxy groups -OCH3 is 2. The number of hydrogen-bond donors (Lipinski definition) is 1. The lowest BCUT2D eigenvalue weighted by Crippen LogP contribution is -2.10. The summed E-state index contributed by atoms with van der Waals surface area (Å²) in [5.74, 6) is 1.19. The highest BCUT2D eigenvalue weighted by Crippen LogP contribution is 2.27. The molecule has 0 spiro atoms. The molecule has 21 heavy (non-hydrogen) atoms. The van der Waals surface area contributed by atoms with Gasteiger partial charge in [0.15, 0.2) is 0 Å². The van der Waals surface area contributed by atoms with Gasteiger partial charge in [0.1, 0.15) is 22.1 Å². The van der Waals surface area contributed by atoms with Gasteiger partial charge >= 0.3 is 10.1 Å². The lowest BCUT2D eigenvalue weighted by molar-refractivity contribution is 0.413. The Morgan fingerprint density at radius 3 is 2.05 bits per heavy atom. The number of benzene rings is 2. The Hall–Kier alpha value is -2.41. The van der Waals surface area contributed by atoms with Gasteiger partial charge in [0.25, 0.3) is 0 Å². The van der Waals surface area contributed by atoms with Gasteiger partial charge in [-0.25, -0.2) is 0 Å². The van der Waals surface area contributed by atoms with Crippen LogP contribution in [0.1, 0.15) is 0 Å². The van der Waals surface area contributed by atoms with Crippen molar-refractivity contribution in [3.63, 3.8) is 0 Å². The van der Waals surface area contributed by atoms with Crippen LogP contribution in [0.5, 0.6) is 17.2 Å². The van der Waals surface area contributed by atoms with Crippen molar-refractivity contribution in [1.29, 1.82) is 0 Å². The number of hydrogen-bond acceptors (Lipinski definition) is 6. The van der Waals surface area contributed by atoms with E-state index in [4.69, 9.17) is 19.4 Å². The Morgan fingerprint density at radius 2 is 1.52 bits per heavy atom. The summed E-state index contributed by atoms with van der Waals surface area (Å²) < 4.78 is 39.3. The van der Waals surface area contributed by atoms with Crippen molar-refractivity contribution in [1.82, 2.24) is 0 Å². The maximum Gasteiger partial charge on any atom is 0.339 e. The van der Waals surface area contributed by atoms with Crippen LogP contribution in [0, 0.1) is 0 Å². The third-order valence-corrected chi connectivity index (χ3v) is 4.00. The molecule has 2 rings (SSSR count). The largest absolute Gasteiger partial charge is 0.497 e. The predicted molar refractivity (Wildman–Crippen MR) is 78.2 cm³/mol. The third-order valence-electron chi connectivity index (χ3n) is 2.76. The van der Waals surface area contributed by atoms with E-state index in [0.29, 0.717) is 11.5 Å². The van der Waals surface area contributed by atoms with Gasteiger partial charge in [-0.2, -0.15) is 8.42 Å². The summed E-state index contributed by atoms with van der Waals surface area (Å²) in [7, 11) is -0.984. The van der Waals surface area contributed by atoms with Crippen molar-refractivity contribution in [2.24, 2.45) is 0 Å². The zero-order chi connectivity index (χ0) is 15.5. The van der Waals surface area contributed by atoms with Crippen molar-refractivity contribution >= 4 is 15.8 Å². The van der Waals surface area contributed by atoms with Crippen LogP contribution in [0.15, 0.2) is 47.4 Å². The maximum atomic E-state index is 12.2. The molecule has 0 aliphatic rings. The topological polar surface area (TPSA) is 87.8 Å². The summed E-state index contributed by atoms with van der Waals surface area (Å²) in [5, 5.41) is 0. The highest BCUT2D eigenvalue weighted by molar-refractivity contribution is 7.87. The van der Waals surface area contributed by atoms with E-state index < -0.39 is 10.1 Å². The number of nitrogens with two attached hydrogens (primary N) is 1. The Balaban J connectivity index is 2.26. The molecule has 0 radical (unpaired) electrons. The lowest BCUT2D eigenvalue weighted by Gasteiger charge is -2.10. The number of ether oxygens (including phenoxy) is 2. The Labute approximate surface area is 123 Å². The summed E-state index contributed by atoms with van der Waals surface area (Å²) in [4.78, 5) is -0.0448. The van der Waals surface area contributed by atoms with Gasteiger partial charge in [-0.15, -0.1) is 0 Å². The molecule has 112 valence electrons. The fraction of sp³-hybridized carbons (Fsp3) is 0.143. The Morgan fingerprint density at radius 1 is 0.905 bits per heavy atom. The quantitative estimate of drug-likeness (QED) is 0.672. The van der Waals surface area contributed by atoms with Gasteiger partial charge in [0.05, 0.1) is 19.9 Å². The summed E-state index contributed by atoms with van der Waals surface area (Å²) >= 11 is 0. The van der Waals surface area contributed by atoms with Gasteiger partial charge in [-0.05, 0) is 42.5 Å². The van der Waals surface area contributed by atoms with Crippen LogP contribution in [0.4, 0.5) is 5.69 Å². The molecule has 2 aromatic carbocycles. The minimum absolute atomic E-state index is 0.0448. The molecule has 0 bridgehead atoms. The summed E-state index contributed by atoms with van der Waals surface area (Å²) in [6.07, 6.45) is 0. The van der Waals surface area contributed by atoms with Gasteiger partial charge in [0.2, 0.25) is 0 Å². The first-order chi connectivity index (χ1) is 9.96. The molecule has 0 heterocycles. The van der Waals surface area contributed by atoms with E-state index in [1.165, 1.54) is 44.6 Å². The van der Waals surface area contributed by atoms with Gasteiger partial charge in [-0.3, -0.25) is 0 Å². The Bertz CT molecular complexity index is 726. The van der Waals surface area contributed by atoms with Crippen LogP contribution in [0.2, 0.25) is 0 Å². The van der Waals surface area contributed by atoms with Crippen LogP contribution in [-0.4, -0.2) is 22.6 Å². The number of rotatable bonds is 5. The summed E-state index contributed by atoms with van der Waals surface area (Å²) in [5.41, 5.74) is 5.92. The second kappa shape index (κ2) is 5.92. The molecule has 2 N–H and O–H groups in total. The van der Waals surface area contributed by atoms with Crippen molar-refractivity contribution in [2.45, 2.75) is 4.90 Å². The fourth-order valence-electron chi connectivity index (χ4n) is 1.67. The molecule has 0 saturated carbocycles. The van der Waals surface area contributed by atoms with Crippen LogP contribution in [0.25, 0.3) is 0 Å². The van der Waals surface area contributed by atoms with Crippen molar-refractivity contribution < 1.29 is 22.1 Å². The Kier molecular flexibility index (Phi) is 4.23. The first kappa shape index (κ1) is 15.0. The monoisotopic (exact) mass is 309 g/mol. The molecule has 0 unspecified atom stereocenters. The average Bonchev–Trinajstić information content (AvgIpc) is 2.47. The van der Waals surface area contributed by atoms with Crippen LogP contribution in [-0.2, 0) is 10.1 Å². The van der Waals surface area contributed by atoms with E-state index in [9.17, 15) is 8.42 Å². The zero-order valence-corrected chi connectivity index (χ0v) is 12.4. The van der Waals surface area contributed by atoms with Gasteiger partial charge in [-0.1, -0.05) is 0 Å². The minimum atomic E-state index is -3.96. The van der Waals surface area contributed by atoms with Crippen LogP contribution >= 0.6 is 0 Å². The molecule has 7 heteroatoms. The van der Waals surface area contributed by atoms with Crippen molar-refractivity contribution in [3.05, 3.63) is 42.5 Å². The molecule has 0 aliphatic carbocycles. The zero-order valence-electron chi connectivity index (χ0n) is 11.6. The predicted octanol–water partition coefficient (Wildman–Crippen LogP) is 2.05. The molecule has 0 saturated heterocycles. The minimum Gasteiger partial charge on any atom is -0.497 e. The molecule has 6 nitrogen and oxygen atoms in total. The third kappa shape index (κ3) is 3.38. The van der Waals surface area contributed by atoms with E-state index in [2.05, 4.69) is 0 Å². The van der Waals surface area contributed by atoms with Gasteiger partial charge in [0, 0.05) is 0 Å². The first-order valence-corrected chi connectivity index (χ1v) is 7.39. The summed E-state index contributed by atoms with van der Waals surface area (Å²) in [6, 6.07) is 10.3. The van der Waals surface area contributed by atoms with Crippen molar-refractivity contribution in [3.8, 4) is 17.2 Å². The average molecular weight is 309 g/mol. The molecule has 0 amide bonds. The first-order valence-electron chi connectivity index (χ1n) is 5.98. The molecule has 0 atom stereocenters. The molecule has 0 fully saturated rings. The van der Waals surface area contributed by atoms with E-state index >= 15 is 0 Å². The second-order valence-electron chi connectivity index (χ2n) is 4.12. The smallest absolute Gasteiger partial charge is 0.339 e. The maximum absolute atomic E-state index is 12.2. The van der Waals surface area contributed by atoms with Crippen LogP contribution < -0.4 is 19.4 Å². The molecule has 0 aliphatic heterocycles. The SMILES string of the molecule is COc1ccc(OS(=O)(=O)c2ccc(OC)c(N)c2)cc1. The molecule has 0 aromatic heterocycles. The van der Waals surface area contributed by atoms with E-state index in [0.717, 1.165) is 0 Å². The van der Waals surface area contributed by atoms with E-state index in [-0.39, 0.29) is 16.3 Å². The van der Waals surface area contributed by atoms with Crippen LogP contribution in [0.3, 0.4) is 0 Å². The fourth-order valence-corrected chi connectivity index (χ4v) is 2.64. The van der Waals surface area contributed by atoms with Gasteiger partial charge < -0.3 is 19.4 Å². The van der Waals surface area contributed by atoms with Crippen molar-refractivity contribution in [2.75, 3.05) is 20.0 Å². The van der Waals surface area contributed by atoms with E-state index in [1.807, 2.05) is 0 Å². The second-order valence-corrected chi connectivity index (χ2v) is 5.66. The highest BCUT2D eigenvalue weighted by Gasteiger charge is 2.18. The standard InChI is InChI=1S/C14H15NO5S/c1-18-10-3-5-11(6-4-10)20-21(16,17)12-7-8-14(19-2)13(15)9-12/h3-9H,15H2,1-2H3. The lowest BCUT2D eigenvalue weighted by atomic mass is 10.3. The molecule has 2 aromatic rings. The molecular formula is C14H15NO5S. The number of anilines is 1. The number of nitrogen functional groups attached to an aromatic ring is 1. The molecular weight excluding hydrogens is 294 g/mol. The highest BCUT2D eigenvalue weighted by atomic mass is 32.2.